The van der Waals surface area contributed by atoms with Crippen LogP contribution in [-0.4, -0.2) is 65.6 Å². The molecule has 0 aliphatic heterocycles. The van der Waals surface area contributed by atoms with Crippen LogP contribution < -0.4 is 4.72 Å². The maximum atomic E-state index is 12.1. The van der Waals surface area contributed by atoms with Gasteiger partial charge in [0.05, 0.1) is 22.4 Å². The van der Waals surface area contributed by atoms with E-state index in [-0.39, 0.29) is 31.1 Å². The molecule has 2 rings (SSSR count). The summed E-state index contributed by atoms with van der Waals surface area (Å²) in [4.78, 5) is 14.7. The van der Waals surface area contributed by atoms with Gasteiger partial charge in [-0.15, -0.1) is 11.3 Å². The van der Waals surface area contributed by atoms with Gasteiger partial charge < -0.3 is 24.8 Å². The molecule has 0 atom stereocenters. The van der Waals surface area contributed by atoms with Crippen LogP contribution in [0.25, 0.3) is 0 Å². The minimum Gasteiger partial charge on any atom is -0.507 e. The summed E-state index contributed by atoms with van der Waals surface area (Å²) in [6.07, 6.45) is 0. The lowest BCUT2D eigenvalue weighted by Crippen LogP contribution is -2.33. The van der Waals surface area contributed by atoms with Crippen molar-refractivity contribution in [2.45, 2.75) is 4.90 Å². The number of aliphatic hydroxyl groups excluding tert-OH is 2. The third-order valence-electron chi connectivity index (χ3n) is 3.60. The highest BCUT2D eigenvalue weighted by molar-refractivity contribution is 8.00. The summed E-state index contributed by atoms with van der Waals surface area (Å²) in [5.41, 5.74) is 0.623. The molecule has 2 aromatic rings. The van der Waals surface area contributed by atoms with Gasteiger partial charge in [0.15, 0.2) is 0 Å². The Morgan fingerprint density at radius 1 is 1.18 bits per heavy atom. The van der Waals surface area contributed by atoms with E-state index in [0.717, 1.165) is 4.90 Å². The fraction of sp³-hybridized carbons (Fsp3) is 0.353. The molecule has 0 amide bonds. The van der Waals surface area contributed by atoms with E-state index >= 15 is 0 Å². The van der Waals surface area contributed by atoms with E-state index in [2.05, 4.69) is 4.72 Å². The lowest BCUT2D eigenvalue weighted by Gasteiger charge is -2.19. The molecule has 1 aromatic heterocycles. The lowest BCUT2D eigenvalue weighted by atomic mass is 10.2. The van der Waals surface area contributed by atoms with Crippen LogP contribution in [0.3, 0.4) is 0 Å². The number of thiophene rings is 1. The number of phenols is 1. The first-order valence-corrected chi connectivity index (χ1v) is 10.7. The van der Waals surface area contributed by atoms with Crippen LogP contribution >= 0.6 is 46.5 Å². The molecule has 0 saturated carbocycles. The molecule has 4 N–H and O–H groups in total. The van der Waals surface area contributed by atoms with Crippen molar-refractivity contribution in [3.05, 3.63) is 38.5 Å². The van der Waals surface area contributed by atoms with Crippen molar-refractivity contribution in [3.63, 3.8) is 0 Å². The number of nitrogens with one attached hydrogen (secondary N) is 1. The summed E-state index contributed by atoms with van der Waals surface area (Å²) < 4.78 is 9.32. The standard InChI is InChI=1S/C17H20Cl2N2O5S2/c18-15-10-14(16(19)27-15)28-20-11-1-2-12(13(24)9-11)17(25)26-8-5-21(3-6-22)4-7-23/h1-2,9-10,20,22-24H,3-8H2. The first-order valence-electron chi connectivity index (χ1n) is 8.26. The zero-order valence-corrected chi connectivity index (χ0v) is 17.9. The van der Waals surface area contributed by atoms with Crippen LogP contribution in [-0.2, 0) is 4.74 Å². The van der Waals surface area contributed by atoms with Gasteiger partial charge in [-0.3, -0.25) is 4.90 Å². The van der Waals surface area contributed by atoms with Gasteiger partial charge in [-0.1, -0.05) is 23.2 Å². The molecule has 28 heavy (non-hydrogen) atoms. The minimum atomic E-state index is -0.655. The number of anilines is 1. The zero-order chi connectivity index (χ0) is 20.5. The van der Waals surface area contributed by atoms with Crippen LogP contribution in [0.1, 0.15) is 10.4 Å². The highest BCUT2D eigenvalue weighted by Crippen LogP contribution is 2.38. The van der Waals surface area contributed by atoms with E-state index in [4.69, 9.17) is 38.2 Å². The Hall–Kier alpha value is -1.20. The Morgan fingerprint density at radius 3 is 2.46 bits per heavy atom. The van der Waals surface area contributed by atoms with Crippen molar-refractivity contribution in [1.82, 2.24) is 4.90 Å². The molecule has 1 aromatic carbocycles. The molecule has 0 radical (unpaired) electrons. The average molecular weight is 467 g/mol. The monoisotopic (exact) mass is 466 g/mol. The molecular formula is C17H20Cl2N2O5S2. The highest BCUT2D eigenvalue weighted by Gasteiger charge is 2.15. The third-order valence-corrected chi connectivity index (χ3v) is 6.20. The summed E-state index contributed by atoms with van der Waals surface area (Å²) >= 11 is 14.4. The topological polar surface area (TPSA) is 102 Å². The third kappa shape index (κ3) is 7.00. The van der Waals surface area contributed by atoms with Gasteiger partial charge in [-0.05, 0) is 30.1 Å². The lowest BCUT2D eigenvalue weighted by molar-refractivity contribution is 0.0440. The summed E-state index contributed by atoms with van der Waals surface area (Å²) in [6.45, 7) is 1.09. The number of rotatable bonds is 11. The van der Waals surface area contributed by atoms with Gasteiger partial charge in [0, 0.05) is 31.4 Å². The van der Waals surface area contributed by atoms with Crippen LogP contribution in [0.5, 0.6) is 5.75 Å². The van der Waals surface area contributed by atoms with Gasteiger partial charge in [0.25, 0.3) is 0 Å². The van der Waals surface area contributed by atoms with E-state index in [1.165, 1.54) is 35.4 Å². The molecule has 0 saturated heterocycles. The number of aromatic hydroxyl groups is 1. The Morgan fingerprint density at radius 2 is 1.89 bits per heavy atom. The van der Waals surface area contributed by atoms with E-state index in [1.807, 2.05) is 0 Å². The average Bonchev–Trinajstić information content (AvgIpc) is 2.97. The molecule has 0 aliphatic carbocycles. The first-order chi connectivity index (χ1) is 13.4. The van der Waals surface area contributed by atoms with Crippen LogP contribution in [0.15, 0.2) is 29.2 Å². The second-order valence-corrected chi connectivity index (χ2v) is 8.68. The predicted molar refractivity (Wildman–Crippen MR) is 113 cm³/mol. The van der Waals surface area contributed by atoms with Crippen LogP contribution in [0, 0.1) is 0 Å². The maximum Gasteiger partial charge on any atom is 0.341 e. The van der Waals surface area contributed by atoms with Crippen molar-refractivity contribution in [2.24, 2.45) is 0 Å². The number of hydrogen-bond acceptors (Lipinski definition) is 9. The van der Waals surface area contributed by atoms with E-state index < -0.39 is 5.97 Å². The van der Waals surface area contributed by atoms with E-state index in [0.29, 0.717) is 34.0 Å². The van der Waals surface area contributed by atoms with Crippen molar-refractivity contribution < 1.29 is 24.9 Å². The number of esters is 1. The van der Waals surface area contributed by atoms with Gasteiger partial charge >= 0.3 is 5.97 Å². The number of carbonyl (C=O) groups is 1. The van der Waals surface area contributed by atoms with Crippen molar-refractivity contribution >= 4 is 58.1 Å². The number of halogens is 2. The number of hydrogen-bond donors (Lipinski definition) is 4. The first kappa shape index (κ1) is 23.1. The summed E-state index contributed by atoms with van der Waals surface area (Å²) in [5, 5.41) is 28.0. The predicted octanol–water partition coefficient (Wildman–Crippen LogP) is 3.32. The maximum absolute atomic E-state index is 12.1. The van der Waals surface area contributed by atoms with Crippen molar-refractivity contribution in [1.29, 1.82) is 0 Å². The van der Waals surface area contributed by atoms with Crippen molar-refractivity contribution in [3.8, 4) is 5.75 Å². The number of carbonyl (C=O) groups excluding carboxylic acids is 1. The molecule has 0 spiro atoms. The summed E-state index contributed by atoms with van der Waals surface area (Å²) in [6, 6.07) is 6.24. The van der Waals surface area contributed by atoms with Gasteiger partial charge in [-0.25, -0.2) is 4.79 Å². The molecule has 11 heteroatoms. The molecule has 0 bridgehead atoms. The molecule has 0 unspecified atom stereocenters. The quantitative estimate of drug-likeness (QED) is 0.295. The molecule has 0 fully saturated rings. The smallest absolute Gasteiger partial charge is 0.341 e. The SMILES string of the molecule is O=C(OCCN(CCO)CCO)c1ccc(NSc2cc(Cl)sc2Cl)cc1O. The number of phenolic OH excluding ortho intramolecular Hbond substituents is 1. The number of nitrogens with zero attached hydrogens (tertiary/aromatic N) is 1. The molecular weight excluding hydrogens is 447 g/mol. The van der Waals surface area contributed by atoms with Crippen molar-refractivity contribution in [2.75, 3.05) is 44.2 Å². The number of benzene rings is 1. The second-order valence-electron chi connectivity index (χ2n) is 5.55. The minimum absolute atomic E-state index is 0.0445. The Bertz CT molecular complexity index is 785. The molecule has 7 nitrogen and oxygen atoms in total. The summed E-state index contributed by atoms with van der Waals surface area (Å²) in [7, 11) is 0. The van der Waals surface area contributed by atoms with Gasteiger partial charge in [0.1, 0.15) is 22.3 Å². The molecule has 1 heterocycles. The zero-order valence-electron chi connectivity index (χ0n) is 14.7. The van der Waals surface area contributed by atoms with E-state index in [9.17, 15) is 9.90 Å². The van der Waals surface area contributed by atoms with Gasteiger partial charge in [0.2, 0.25) is 0 Å². The fourth-order valence-electron chi connectivity index (χ4n) is 2.24. The number of ether oxygens (including phenoxy) is 1. The highest BCUT2D eigenvalue weighted by atomic mass is 35.5. The number of aliphatic hydroxyl groups is 2. The Balaban J connectivity index is 1.88. The van der Waals surface area contributed by atoms with Crippen LogP contribution in [0.2, 0.25) is 8.67 Å². The largest absolute Gasteiger partial charge is 0.507 e. The van der Waals surface area contributed by atoms with Gasteiger partial charge in [-0.2, -0.15) is 0 Å². The molecule has 154 valence electrons. The second kappa shape index (κ2) is 11.7. The molecule has 0 aliphatic rings. The Kier molecular flexibility index (Phi) is 9.66. The normalized spacial score (nSPS) is 11.0. The fourth-order valence-corrected chi connectivity index (χ4v) is 4.63. The van der Waals surface area contributed by atoms with E-state index in [1.54, 1.807) is 17.0 Å². The Labute approximate surface area is 181 Å². The van der Waals surface area contributed by atoms with Crippen LogP contribution in [0.4, 0.5) is 5.69 Å². The summed E-state index contributed by atoms with van der Waals surface area (Å²) in [5.74, 6) is -0.870.